The predicted molar refractivity (Wildman–Crippen MR) is 95.5 cm³/mol. The fourth-order valence-electron chi connectivity index (χ4n) is 2.87. The summed E-state index contributed by atoms with van der Waals surface area (Å²) in [6.07, 6.45) is 2.79. The zero-order chi connectivity index (χ0) is 15.9. The average molecular weight is 341 g/mol. The molecule has 1 atom stereocenters. The molecule has 2 rings (SSSR count). The van der Waals surface area contributed by atoms with Crippen molar-refractivity contribution in [3.05, 3.63) is 35.9 Å². The molecule has 5 heteroatoms. The molecule has 0 spiro atoms. The minimum atomic E-state index is -0.359. The third kappa shape index (κ3) is 6.50. The normalized spacial score (nSPS) is 17.0. The van der Waals surface area contributed by atoms with E-state index in [0.717, 1.165) is 32.4 Å². The van der Waals surface area contributed by atoms with E-state index in [1.807, 2.05) is 23.1 Å². The lowest BCUT2D eigenvalue weighted by Gasteiger charge is -2.33. The Morgan fingerprint density at radius 2 is 1.87 bits per heavy atom. The molecule has 1 saturated heterocycles. The first-order valence-electron chi connectivity index (χ1n) is 8.26. The van der Waals surface area contributed by atoms with Crippen molar-refractivity contribution in [3.63, 3.8) is 0 Å². The van der Waals surface area contributed by atoms with Crippen molar-refractivity contribution < 1.29 is 9.53 Å². The summed E-state index contributed by atoms with van der Waals surface area (Å²) in [6.45, 7) is 6.34. The smallest absolute Gasteiger partial charge is 0.239 e. The number of ether oxygens (including phenoxy) is 1. The first kappa shape index (κ1) is 19.9. The number of rotatable bonds is 6. The molecule has 1 aliphatic rings. The van der Waals surface area contributed by atoms with Gasteiger partial charge in [0.25, 0.3) is 0 Å². The van der Waals surface area contributed by atoms with E-state index < -0.39 is 0 Å². The first-order valence-corrected chi connectivity index (χ1v) is 8.26. The summed E-state index contributed by atoms with van der Waals surface area (Å²) in [7, 11) is 0. The first-order chi connectivity index (χ1) is 10.6. The van der Waals surface area contributed by atoms with Crippen LogP contribution in [0.25, 0.3) is 0 Å². The molecular formula is C18H29ClN2O2. The van der Waals surface area contributed by atoms with Crippen LogP contribution >= 0.6 is 12.4 Å². The molecule has 1 aliphatic heterocycles. The molecule has 0 saturated carbocycles. The number of hydrogen-bond donors (Lipinski definition) is 1. The number of carbonyl (C=O) groups excluding carboxylic acids is 1. The van der Waals surface area contributed by atoms with E-state index in [1.54, 1.807) is 0 Å². The van der Waals surface area contributed by atoms with Crippen molar-refractivity contribution in [2.24, 2.45) is 11.7 Å². The molecule has 1 fully saturated rings. The maximum atomic E-state index is 12.3. The molecule has 2 N–H and O–H groups in total. The van der Waals surface area contributed by atoms with Gasteiger partial charge in [0.05, 0.1) is 18.8 Å². The number of likely N-dealkylation sites (tertiary alicyclic amines) is 1. The Morgan fingerprint density at radius 3 is 2.43 bits per heavy atom. The summed E-state index contributed by atoms with van der Waals surface area (Å²) in [4.78, 5) is 14.2. The summed E-state index contributed by atoms with van der Waals surface area (Å²) >= 11 is 0. The third-order valence-electron chi connectivity index (χ3n) is 4.12. The summed E-state index contributed by atoms with van der Waals surface area (Å²) in [5.41, 5.74) is 7.19. The zero-order valence-electron chi connectivity index (χ0n) is 14.1. The fraction of sp³-hybridized carbons (Fsp3) is 0.611. The molecule has 0 aromatic heterocycles. The largest absolute Gasteiger partial charge is 0.373 e. The molecule has 0 radical (unpaired) electrons. The minimum Gasteiger partial charge on any atom is -0.373 e. The lowest BCUT2D eigenvalue weighted by Crippen LogP contribution is -2.48. The van der Waals surface area contributed by atoms with Crippen LogP contribution in [0.15, 0.2) is 30.3 Å². The van der Waals surface area contributed by atoms with Crippen LogP contribution in [0.2, 0.25) is 0 Å². The number of benzene rings is 1. The minimum absolute atomic E-state index is 0. The molecule has 0 aliphatic carbocycles. The van der Waals surface area contributed by atoms with E-state index in [4.69, 9.17) is 10.5 Å². The highest BCUT2D eigenvalue weighted by Crippen LogP contribution is 2.17. The van der Waals surface area contributed by atoms with Crippen molar-refractivity contribution >= 4 is 18.3 Å². The Morgan fingerprint density at radius 1 is 1.26 bits per heavy atom. The van der Waals surface area contributed by atoms with Gasteiger partial charge in [-0.25, -0.2) is 0 Å². The number of hydrogen-bond acceptors (Lipinski definition) is 3. The van der Waals surface area contributed by atoms with Crippen LogP contribution in [-0.2, 0) is 16.1 Å². The standard InChI is InChI=1S/C18H28N2O2.ClH/c1-14(2)12-17(19)18(21)20-10-8-16(9-11-20)22-13-15-6-4-3-5-7-15;/h3-7,14,16-17H,8-13,19H2,1-2H3;1H/t17-;/m0./s1. The Bertz CT molecular complexity index is 459. The number of nitrogens with two attached hydrogens (primary N) is 1. The highest BCUT2D eigenvalue weighted by atomic mass is 35.5. The molecule has 4 nitrogen and oxygen atoms in total. The molecular weight excluding hydrogens is 312 g/mol. The van der Waals surface area contributed by atoms with Gasteiger partial charge in [0, 0.05) is 13.1 Å². The number of nitrogens with zero attached hydrogens (tertiary/aromatic N) is 1. The second-order valence-corrected chi connectivity index (χ2v) is 6.56. The van der Waals surface area contributed by atoms with Gasteiger partial charge < -0.3 is 15.4 Å². The molecule has 1 aromatic rings. The SMILES string of the molecule is CC(C)C[C@H](N)C(=O)N1CCC(OCc2ccccc2)CC1.Cl. The summed E-state index contributed by atoms with van der Waals surface area (Å²) in [5.74, 6) is 0.543. The van der Waals surface area contributed by atoms with Crippen molar-refractivity contribution in [2.75, 3.05) is 13.1 Å². The van der Waals surface area contributed by atoms with Crippen LogP contribution < -0.4 is 5.73 Å². The van der Waals surface area contributed by atoms with Gasteiger partial charge in [-0.05, 0) is 30.7 Å². The maximum absolute atomic E-state index is 12.3. The Hall–Kier alpha value is -1.10. The number of piperidine rings is 1. The summed E-state index contributed by atoms with van der Waals surface area (Å²) < 4.78 is 5.95. The van der Waals surface area contributed by atoms with E-state index in [1.165, 1.54) is 5.56 Å². The number of amides is 1. The van der Waals surface area contributed by atoms with Crippen LogP contribution in [0.1, 0.15) is 38.7 Å². The van der Waals surface area contributed by atoms with Gasteiger partial charge >= 0.3 is 0 Å². The average Bonchev–Trinajstić information content (AvgIpc) is 2.53. The Balaban J connectivity index is 0.00000264. The second kappa shape index (κ2) is 9.91. The zero-order valence-corrected chi connectivity index (χ0v) is 14.9. The lowest BCUT2D eigenvalue weighted by atomic mass is 10.0. The fourth-order valence-corrected chi connectivity index (χ4v) is 2.87. The van der Waals surface area contributed by atoms with Gasteiger partial charge in [-0.2, -0.15) is 0 Å². The van der Waals surface area contributed by atoms with Crippen molar-refractivity contribution in [2.45, 2.75) is 51.9 Å². The highest BCUT2D eigenvalue weighted by Gasteiger charge is 2.26. The summed E-state index contributed by atoms with van der Waals surface area (Å²) in [6, 6.07) is 9.84. The number of carbonyl (C=O) groups is 1. The van der Waals surface area contributed by atoms with E-state index >= 15 is 0 Å². The van der Waals surface area contributed by atoms with Crippen LogP contribution in [0.3, 0.4) is 0 Å². The lowest BCUT2D eigenvalue weighted by molar-refractivity contribution is -0.135. The molecule has 1 amide bonds. The van der Waals surface area contributed by atoms with Crippen molar-refractivity contribution in [1.82, 2.24) is 4.90 Å². The van der Waals surface area contributed by atoms with Crippen LogP contribution in [-0.4, -0.2) is 36.0 Å². The quantitative estimate of drug-likeness (QED) is 0.866. The molecule has 0 unspecified atom stereocenters. The summed E-state index contributed by atoms with van der Waals surface area (Å²) in [5, 5.41) is 0. The van der Waals surface area contributed by atoms with Crippen LogP contribution in [0.5, 0.6) is 0 Å². The molecule has 130 valence electrons. The van der Waals surface area contributed by atoms with Gasteiger partial charge in [-0.15, -0.1) is 12.4 Å². The van der Waals surface area contributed by atoms with Gasteiger partial charge in [0.15, 0.2) is 0 Å². The van der Waals surface area contributed by atoms with Gasteiger partial charge in [0.1, 0.15) is 0 Å². The number of halogens is 1. The van der Waals surface area contributed by atoms with Gasteiger partial charge in [0.2, 0.25) is 5.91 Å². The molecule has 1 heterocycles. The van der Waals surface area contributed by atoms with Gasteiger partial charge in [-0.3, -0.25) is 4.79 Å². The predicted octanol–water partition coefficient (Wildman–Crippen LogP) is 2.99. The maximum Gasteiger partial charge on any atom is 0.239 e. The van der Waals surface area contributed by atoms with Crippen LogP contribution in [0, 0.1) is 5.92 Å². The van der Waals surface area contributed by atoms with E-state index in [0.29, 0.717) is 12.5 Å². The monoisotopic (exact) mass is 340 g/mol. The van der Waals surface area contributed by atoms with E-state index in [9.17, 15) is 4.79 Å². The second-order valence-electron chi connectivity index (χ2n) is 6.56. The highest BCUT2D eigenvalue weighted by molar-refractivity contribution is 5.85. The Kier molecular flexibility index (Phi) is 8.59. The Labute approximate surface area is 145 Å². The van der Waals surface area contributed by atoms with E-state index in [2.05, 4.69) is 26.0 Å². The van der Waals surface area contributed by atoms with Crippen molar-refractivity contribution in [3.8, 4) is 0 Å². The van der Waals surface area contributed by atoms with E-state index in [-0.39, 0.29) is 30.5 Å². The van der Waals surface area contributed by atoms with Crippen molar-refractivity contribution in [1.29, 1.82) is 0 Å². The van der Waals surface area contributed by atoms with Crippen LogP contribution in [0.4, 0.5) is 0 Å². The molecule has 1 aromatic carbocycles. The molecule has 0 bridgehead atoms. The third-order valence-corrected chi connectivity index (χ3v) is 4.12. The molecule has 23 heavy (non-hydrogen) atoms. The topological polar surface area (TPSA) is 55.6 Å². The van der Waals surface area contributed by atoms with Gasteiger partial charge in [-0.1, -0.05) is 44.2 Å².